The van der Waals surface area contributed by atoms with E-state index in [0.717, 1.165) is 6.42 Å². The first kappa shape index (κ1) is 16.5. The van der Waals surface area contributed by atoms with Crippen molar-refractivity contribution in [3.8, 4) is 5.75 Å². The quantitative estimate of drug-likeness (QED) is 0.894. The molecular formula is C16H23FN2O3. The average molecular weight is 310 g/mol. The lowest BCUT2D eigenvalue weighted by Crippen LogP contribution is -2.50. The van der Waals surface area contributed by atoms with Crippen molar-refractivity contribution in [2.24, 2.45) is 5.92 Å². The predicted molar refractivity (Wildman–Crippen MR) is 81.2 cm³/mol. The second-order valence-corrected chi connectivity index (χ2v) is 5.85. The molecule has 2 rings (SSSR count). The van der Waals surface area contributed by atoms with Crippen molar-refractivity contribution in [2.45, 2.75) is 32.5 Å². The number of aliphatic hydroxyl groups is 1. The number of benzene rings is 1. The van der Waals surface area contributed by atoms with Gasteiger partial charge < -0.3 is 20.1 Å². The van der Waals surface area contributed by atoms with Gasteiger partial charge in [-0.3, -0.25) is 0 Å². The van der Waals surface area contributed by atoms with Crippen molar-refractivity contribution in [3.63, 3.8) is 0 Å². The van der Waals surface area contributed by atoms with Crippen molar-refractivity contribution in [1.82, 2.24) is 10.2 Å². The molecule has 2 N–H and O–H groups in total. The monoisotopic (exact) mass is 310 g/mol. The SMILES string of the molecule is CC(CNC(=O)N1CCC(C)C(O)C1)Oc1ccc(F)cc1. The minimum Gasteiger partial charge on any atom is -0.489 e. The van der Waals surface area contributed by atoms with Gasteiger partial charge in [-0.05, 0) is 43.5 Å². The molecule has 122 valence electrons. The number of aliphatic hydroxyl groups excluding tert-OH is 1. The van der Waals surface area contributed by atoms with Gasteiger partial charge in [-0.2, -0.15) is 0 Å². The van der Waals surface area contributed by atoms with Crippen molar-refractivity contribution in [1.29, 1.82) is 0 Å². The molecule has 1 aliphatic heterocycles. The van der Waals surface area contributed by atoms with Gasteiger partial charge in [0.2, 0.25) is 0 Å². The number of piperidine rings is 1. The van der Waals surface area contributed by atoms with Crippen LogP contribution in [0.15, 0.2) is 24.3 Å². The van der Waals surface area contributed by atoms with Gasteiger partial charge in [0.1, 0.15) is 17.7 Å². The molecule has 0 radical (unpaired) electrons. The summed E-state index contributed by atoms with van der Waals surface area (Å²) in [6.45, 7) is 5.17. The molecule has 0 aromatic heterocycles. The molecule has 3 atom stereocenters. The number of carbonyl (C=O) groups is 1. The number of amides is 2. The first-order valence-corrected chi connectivity index (χ1v) is 7.58. The summed E-state index contributed by atoms with van der Waals surface area (Å²) in [4.78, 5) is 13.7. The summed E-state index contributed by atoms with van der Waals surface area (Å²) in [6.07, 6.45) is 0.103. The first-order valence-electron chi connectivity index (χ1n) is 7.58. The molecule has 0 spiro atoms. The largest absolute Gasteiger partial charge is 0.489 e. The van der Waals surface area contributed by atoms with E-state index in [1.165, 1.54) is 12.1 Å². The van der Waals surface area contributed by atoms with Gasteiger partial charge in [0.05, 0.1) is 12.6 Å². The Bertz CT molecular complexity index is 495. The van der Waals surface area contributed by atoms with Crippen LogP contribution in [0.4, 0.5) is 9.18 Å². The van der Waals surface area contributed by atoms with Gasteiger partial charge in [-0.15, -0.1) is 0 Å². The van der Waals surface area contributed by atoms with Crippen LogP contribution in [0.5, 0.6) is 5.75 Å². The molecule has 0 aliphatic carbocycles. The number of hydrogen-bond donors (Lipinski definition) is 2. The minimum atomic E-state index is -0.465. The number of rotatable bonds is 4. The number of ether oxygens (including phenoxy) is 1. The number of likely N-dealkylation sites (tertiary alicyclic amines) is 1. The van der Waals surface area contributed by atoms with Crippen molar-refractivity contribution in [2.75, 3.05) is 19.6 Å². The number of nitrogens with one attached hydrogen (secondary N) is 1. The lowest BCUT2D eigenvalue weighted by Gasteiger charge is -2.34. The van der Waals surface area contributed by atoms with Crippen LogP contribution in [0.1, 0.15) is 20.3 Å². The molecule has 1 aromatic rings. The third kappa shape index (κ3) is 4.59. The first-order chi connectivity index (χ1) is 10.5. The van der Waals surface area contributed by atoms with E-state index >= 15 is 0 Å². The summed E-state index contributed by atoms with van der Waals surface area (Å²) in [5.74, 6) is 0.473. The third-order valence-corrected chi connectivity index (χ3v) is 3.90. The molecule has 1 fully saturated rings. The number of hydrogen-bond acceptors (Lipinski definition) is 3. The van der Waals surface area contributed by atoms with Gasteiger partial charge in [-0.1, -0.05) is 6.92 Å². The maximum absolute atomic E-state index is 12.8. The Labute approximate surface area is 130 Å². The standard InChI is InChI=1S/C16H23FN2O3/c1-11-7-8-19(10-15(11)20)16(21)18-9-12(2)22-14-5-3-13(17)4-6-14/h3-6,11-12,15,20H,7-10H2,1-2H3,(H,18,21). The molecule has 2 amide bonds. The second kappa shape index (κ2) is 7.45. The summed E-state index contributed by atoms with van der Waals surface area (Å²) >= 11 is 0. The molecule has 6 heteroatoms. The van der Waals surface area contributed by atoms with Crippen molar-refractivity contribution in [3.05, 3.63) is 30.1 Å². The number of β-amino-alcohol motifs (C(OH)–C–C–N with tert-alkyl or cyclic N) is 1. The molecule has 3 unspecified atom stereocenters. The van der Waals surface area contributed by atoms with E-state index in [2.05, 4.69) is 5.32 Å². The molecule has 5 nitrogen and oxygen atoms in total. The highest BCUT2D eigenvalue weighted by Gasteiger charge is 2.27. The molecule has 0 saturated carbocycles. The maximum Gasteiger partial charge on any atom is 0.317 e. The van der Waals surface area contributed by atoms with Gasteiger partial charge in [0.25, 0.3) is 0 Å². The number of carbonyl (C=O) groups excluding carboxylic acids is 1. The van der Waals surface area contributed by atoms with Gasteiger partial charge >= 0.3 is 6.03 Å². The van der Waals surface area contributed by atoms with Gasteiger partial charge in [0.15, 0.2) is 0 Å². The Hall–Kier alpha value is -1.82. The molecular weight excluding hydrogens is 287 g/mol. The predicted octanol–water partition coefficient (Wildman–Crippen LogP) is 2.01. The molecule has 1 aromatic carbocycles. The zero-order valence-corrected chi connectivity index (χ0v) is 13.0. The Morgan fingerprint density at radius 3 is 2.82 bits per heavy atom. The summed E-state index contributed by atoms with van der Waals surface area (Å²) in [5, 5.41) is 12.6. The van der Waals surface area contributed by atoms with Crippen LogP contribution in [-0.2, 0) is 0 Å². The molecule has 1 heterocycles. The lowest BCUT2D eigenvalue weighted by molar-refractivity contribution is 0.0431. The van der Waals surface area contributed by atoms with E-state index in [4.69, 9.17) is 4.74 Å². The highest BCUT2D eigenvalue weighted by Crippen LogP contribution is 2.17. The average Bonchev–Trinajstić information content (AvgIpc) is 2.50. The van der Waals surface area contributed by atoms with E-state index in [1.807, 2.05) is 13.8 Å². The number of urea groups is 1. The molecule has 0 bridgehead atoms. The van der Waals surface area contributed by atoms with Crippen LogP contribution in [0.3, 0.4) is 0 Å². The summed E-state index contributed by atoms with van der Waals surface area (Å²) < 4.78 is 18.4. The molecule has 1 aliphatic rings. The van der Waals surface area contributed by atoms with Crippen LogP contribution < -0.4 is 10.1 Å². The van der Waals surface area contributed by atoms with Gasteiger partial charge in [0, 0.05) is 13.1 Å². The van der Waals surface area contributed by atoms with E-state index in [9.17, 15) is 14.3 Å². The third-order valence-electron chi connectivity index (χ3n) is 3.90. The van der Waals surface area contributed by atoms with Crippen molar-refractivity contribution >= 4 is 6.03 Å². The lowest BCUT2D eigenvalue weighted by atomic mass is 9.96. The van der Waals surface area contributed by atoms with E-state index in [1.54, 1.807) is 17.0 Å². The highest BCUT2D eigenvalue weighted by atomic mass is 19.1. The van der Waals surface area contributed by atoms with Crippen LogP contribution in [0.2, 0.25) is 0 Å². The summed E-state index contributed by atoms with van der Waals surface area (Å²) in [5.41, 5.74) is 0. The normalized spacial score (nSPS) is 23.0. The Kier molecular flexibility index (Phi) is 5.60. The summed E-state index contributed by atoms with van der Waals surface area (Å²) in [7, 11) is 0. The van der Waals surface area contributed by atoms with E-state index in [0.29, 0.717) is 25.4 Å². The van der Waals surface area contributed by atoms with E-state index < -0.39 is 6.10 Å². The fourth-order valence-electron chi connectivity index (χ4n) is 2.36. The van der Waals surface area contributed by atoms with Gasteiger partial charge in [-0.25, -0.2) is 9.18 Å². The van der Waals surface area contributed by atoms with Crippen LogP contribution in [0, 0.1) is 11.7 Å². The minimum absolute atomic E-state index is 0.194. The zero-order valence-electron chi connectivity index (χ0n) is 13.0. The van der Waals surface area contributed by atoms with Crippen LogP contribution >= 0.6 is 0 Å². The Morgan fingerprint density at radius 2 is 2.18 bits per heavy atom. The van der Waals surface area contributed by atoms with Crippen LogP contribution in [-0.4, -0.2) is 47.9 Å². The Balaban J connectivity index is 1.74. The smallest absolute Gasteiger partial charge is 0.317 e. The Morgan fingerprint density at radius 1 is 1.50 bits per heavy atom. The highest BCUT2D eigenvalue weighted by molar-refractivity contribution is 5.74. The number of nitrogens with zero attached hydrogens (tertiary/aromatic N) is 1. The maximum atomic E-state index is 12.8. The fourth-order valence-corrected chi connectivity index (χ4v) is 2.36. The van der Waals surface area contributed by atoms with Crippen molar-refractivity contribution < 1.29 is 19.0 Å². The molecule has 22 heavy (non-hydrogen) atoms. The summed E-state index contributed by atoms with van der Waals surface area (Å²) in [6, 6.07) is 5.57. The number of halogens is 1. The zero-order chi connectivity index (χ0) is 16.1. The van der Waals surface area contributed by atoms with E-state index in [-0.39, 0.29) is 23.9 Å². The topological polar surface area (TPSA) is 61.8 Å². The second-order valence-electron chi connectivity index (χ2n) is 5.85. The molecule has 1 saturated heterocycles. The fraction of sp³-hybridized carbons (Fsp3) is 0.562. The van der Waals surface area contributed by atoms with Crippen LogP contribution in [0.25, 0.3) is 0 Å².